The summed E-state index contributed by atoms with van der Waals surface area (Å²) in [5, 5.41) is 12.3. The normalized spacial score (nSPS) is 17.9. The Kier molecular flexibility index (Phi) is 4.03. The predicted molar refractivity (Wildman–Crippen MR) is 86.2 cm³/mol. The first-order valence-corrected chi connectivity index (χ1v) is 8.65. The molecule has 1 aliphatic rings. The van der Waals surface area contributed by atoms with E-state index in [1.54, 1.807) is 6.07 Å². The highest BCUT2D eigenvalue weighted by Crippen LogP contribution is 2.29. The smallest absolute Gasteiger partial charge is 0.265 e. The molecule has 0 fully saturated rings. The minimum absolute atomic E-state index is 0.00397. The number of sulfonamides is 1. The molecule has 0 bridgehead atoms. The van der Waals surface area contributed by atoms with Crippen molar-refractivity contribution in [1.82, 2.24) is 10.3 Å². The molecule has 6 nitrogen and oxygen atoms in total. The summed E-state index contributed by atoms with van der Waals surface area (Å²) in [6.07, 6.45) is 2.63. The van der Waals surface area contributed by atoms with E-state index in [0.717, 1.165) is 5.56 Å². The van der Waals surface area contributed by atoms with Gasteiger partial charge in [-0.05, 0) is 24.6 Å². The Hall–Kier alpha value is -2.43. The molecule has 118 valence electrons. The molecule has 7 heteroatoms. The van der Waals surface area contributed by atoms with Crippen LogP contribution in [0.2, 0.25) is 0 Å². The van der Waals surface area contributed by atoms with Crippen molar-refractivity contribution in [2.75, 3.05) is 10.8 Å². The van der Waals surface area contributed by atoms with Gasteiger partial charge >= 0.3 is 0 Å². The molecular formula is C16H16N4O2S. The number of fused-ring (bicyclic) bond motifs is 1. The molecule has 1 aromatic heterocycles. The van der Waals surface area contributed by atoms with Gasteiger partial charge in [0.25, 0.3) is 10.0 Å². The largest absolute Gasteiger partial charge is 0.308 e. The summed E-state index contributed by atoms with van der Waals surface area (Å²) in [5.74, 6) is 0. The number of pyridine rings is 1. The third-order valence-corrected chi connectivity index (χ3v) is 5.52. The van der Waals surface area contributed by atoms with Gasteiger partial charge in [-0.1, -0.05) is 18.2 Å². The quantitative estimate of drug-likeness (QED) is 0.906. The molecule has 23 heavy (non-hydrogen) atoms. The van der Waals surface area contributed by atoms with Crippen molar-refractivity contribution in [3.8, 4) is 6.07 Å². The fourth-order valence-corrected chi connectivity index (χ4v) is 4.16. The maximum absolute atomic E-state index is 13.1. The average molecular weight is 328 g/mol. The first-order chi connectivity index (χ1) is 11.0. The molecule has 3 rings (SSSR count). The molecule has 0 amide bonds. The lowest BCUT2D eigenvalue weighted by Gasteiger charge is -2.25. The lowest BCUT2D eigenvalue weighted by molar-refractivity contribution is 0.556. The maximum atomic E-state index is 13.1. The molecule has 0 spiro atoms. The minimum Gasteiger partial charge on any atom is -0.308 e. The molecule has 0 saturated heterocycles. The third-order valence-electron chi connectivity index (χ3n) is 3.77. The summed E-state index contributed by atoms with van der Waals surface area (Å²) in [4.78, 5) is 3.90. The van der Waals surface area contributed by atoms with Gasteiger partial charge in [-0.2, -0.15) is 5.26 Å². The zero-order valence-corrected chi connectivity index (χ0v) is 13.4. The number of hydrogen-bond acceptors (Lipinski definition) is 5. The Morgan fingerprint density at radius 2 is 2.13 bits per heavy atom. The molecule has 0 saturated carbocycles. The Morgan fingerprint density at radius 1 is 1.35 bits per heavy atom. The highest BCUT2D eigenvalue weighted by atomic mass is 32.2. The molecule has 1 aliphatic heterocycles. The zero-order valence-electron chi connectivity index (χ0n) is 12.6. The van der Waals surface area contributed by atoms with Gasteiger partial charge in [-0.25, -0.2) is 8.42 Å². The van der Waals surface area contributed by atoms with E-state index in [0.29, 0.717) is 18.8 Å². The van der Waals surface area contributed by atoms with E-state index in [1.807, 2.05) is 31.2 Å². The van der Waals surface area contributed by atoms with Crippen molar-refractivity contribution >= 4 is 15.7 Å². The second-order valence-electron chi connectivity index (χ2n) is 5.47. The molecule has 1 N–H and O–H groups in total. The molecule has 0 aliphatic carbocycles. The van der Waals surface area contributed by atoms with Crippen LogP contribution in [0.4, 0.5) is 5.69 Å². The number of para-hydroxylation sites is 1. The van der Waals surface area contributed by atoms with E-state index in [2.05, 4.69) is 10.3 Å². The SMILES string of the molecule is CC1CN(S(=O)(=O)c2cncc(C#N)c2)c2ccccc2CN1. The van der Waals surface area contributed by atoms with Gasteiger partial charge in [-0.3, -0.25) is 9.29 Å². The number of rotatable bonds is 2. The van der Waals surface area contributed by atoms with Crippen LogP contribution in [0.3, 0.4) is 0 Å². The fraction of sp³-hybridized carbons (Fsp3) is 0.250. The summed E-state index contributed by atoms with van der Waals surface area (Å²) in [6.45, 7) is 2.87. The van der Waals surface area contributed by atoms with Crippen LogP contribution in [-0.4, -0.2) is 26.0 Å². The first kappa shape index (κ1) is 15.5. The van der Waals surface area contributed by atoms with Crippen molar-refractivity contribution in [2.24, 2.45) is 0 Å². The zero-order chi connectivity index (χ0) is 16.4. The van der Waals surface area contributed by atoms with Crippen molar-refractivity contribution < 1.29 is 8.42 Å². The van der Waals surface area contributed by atoms with E-state index < -0.39 is 10.0 Å². The first-order valence-electron chi connectivity index (χ1n) is 7.21. The number of benzene rings is 1. The predicted octanol–water partition coefficient (Wildman–Crippen LogP) is 1.64. The van der Waals surface area contributed by atoms with Crippen LogP contribution < -0.4 is 9.62 Å². The number of hydrogen-bond donors (Lipinski definition) is 1. The minimum atomic E-state index is -3.78. The molecule has 1 aromatic carbocycles. The van der Waals surface area contributed by atoms with Crippen LogP contribution in [0.15, 0.2) is 47.6 Å². The third kappa shape index (κ3) is 2.91. The molecule has 2 heterocycles. The van der Waals surface area contributed by atoms with Crippen LogP contribution in [0.5, 0.6) is 0 Å². The van der Waals surface area contributed by atoms with Crippen molar-refractivity contribution in [1.29, 1.82) is 5.26 Å². The lowest BCUT2D eigenvalue weighted by Crippen LogP contribution is -2.39. The Balaban J connectivity index is 2.13. The standard InChI is InChI=1S/C16H16N4O2S/c1-12-11-20(16-5-3-2-4-14(16)9-19-12)23(21,22)15-6-13(7-17)8-18-10-15/h2-6,8,10,12,19H,9,11H2,1H3. The van der Waals surface area contributed by atoms with Gasteiger partial charge in [0.1, 0.15) is 11.0 Å². The van der Waals surface area contributed by atoms with E-state index in [1.165, 1.54) is 22.8 Å². The molecule has 2 aromatic rings. The topological polar surface area (TPSA) is 86.1 Å². The van der Waals surface area contributed by atoms with Crippen molar-refractivity contribution in [2.45, 2.75) is 24.4 Å². The second kappa shape index (κ2) is 5.99. The monoisotopic (exact) mass is 328 g/mol. The summed E-state index contributed by atoms with van der Waals surface area (Å²) < 4.78 is 27.5. The maximum Gasteiger partial charge on any atom is 0.265 e. The number of nitrogens with one attached hydrogen (secondary N) is 1. The summed E-state index contributed by atoms with van der Waals surface area (Å²) in [5.41, 5.74) is 1.80. The average Bonchev–Trinajstić information content (AvgIpc) is 2.75. The van der Waals surface area contributed by atoms with E-state index in [9.17, 15) is 8.42 Å². The molecule has 1 unspecified atom stereocenters. The van der Waals surface area contributed by atoms with Crippen LogP contribution in [0.25, 0.3) is 0 Å². The molecular weight excluding hydrogens is 312 g/mol. The van der Waals surface area contributed by atoms with E-state index in [-0.39, 0.29) is 16.5 Å². The lowest BCUT2D eigenvalue weighted by atomic mass is 10.2. The van der Waals surface area contributed by atoms with E-state index >= 15 is 0 Å². The molecule has 1 atom stereocenters. The highest BCUT2D eigenvalue weighted by Gasteiger charge is 2.30. The van der Waals surface area contributed by atoms with Gasteiger partial charge in [-0.15, -0.1) is 0 Å². The van der Waals surface area contributed by atoms with Crippen LogP contribution in [-0.2, 0) is 16.6 Å². The van der Waals surface area contributed by atoms with Gasteiger partial charge in [0, 0.05) is 31.5 Å². The van der Waals surface area contributed by atoms with Gasteiger partial charge in [0.05, 0.1) is 11.3 Å². The van der Waals surface area contributed by atoms with Crippen molar-refractivity contribution in [3.63, 3.8) is 0 Å². The van der Waals surface area contributed by atoms with Gasteiger partial charge in [0.2, 0.25) is 0 Å². The number of nitriles is 1. The fourth-order valence-electron chi connectivity index (χ4n) is 2.58. The van der Waals surface area contributed by atoms with Crippen LogP contribution in [0.1, 0.15) is 18.1 Å². The number of anilines is 1. The second-order valence-corrected chi connectivity index (χ2v) is 7.33. The van der Waals surface area contributed by atoms with Crippen molar-refractivity contribution in [3.05, 3.63) is 53.9 Å². The van der Waals surface area contributed by atoms with Gasteiger partial charge in [0.15, 0.2) is 0 Å². The summed E-state index contributed by atoms with van der Waals surface area (Å²) >= 11 is 0. The number of aromatic nitrogens is 1. The Bertz CT molecular complexity index is 874. The van der Waals surface area contributed by atoms with E-state index in [4.69, 9.17) is 5.26 Å². The van der Waals surface area contributed by atoms with Gasteiger partial charge < -0.3 is 5.32 Å². The summed E-state index contributed by atoms with van der Waals surface area (Å²) in [7, 11) is -3.78. The molecule has 0 radical (unpaired) electrons. The van der Waals surface area contributed by atoms with Crippen LogP contribution in [0, 0.1) is 11.3 Å². The Labute approximate surface area is 135 Å². The summed E-state index contributed by atoms with van der Waals surface area (Å²) in [6, 6.07) is 10.7. The highest BCUT2D eigenvalue weighted by molar-refractivity contribution is 7.92. The Morgan fingerprint density at radius 3 is 2.91 bits per heavy atom. The number of nitrogens with zero attached hydrogens (tertiary/aromatic N) is 3. The van der Waals surface area contributed by atoms with Crippen LogP contribution >= 0.6 is 0 Å².